The second-order valence-corrected chi connectivity index (χ2v) is 5.99. The number of piperidine rings is 1. The molecule has 0 radical (unpaired) electrons. The molecule has 3 rings (SSSR count). The molecule has 1 aromatic rings. The standard InChI is InChI=1S/C15H24N6O2/c1-19(15-17-11-16-12-18-15)14(22)10-21-5-3-2-4-13(21)20-6-8-23-9-7-20/h11-13H,2-10H2,1H3. The van der Waals surface area contributed by atoms with Crippen molar-refractivity contribution in [3.8, 4) is 0 Å². The van der Waals surface area contributed by atoms with Crippen molar-refractivity contribution < 1.29 is 9.53 Å². The molecule has 1 aromatic heterocycles. The van der Waals surface area contributed by atoms with Crippen LogP contribution in [-0.4, -0.2) is 83.3 Å². The summed E-state index contributed by atoms with van der Waals surface area (Å²) in [4.78, 5) is 30.7. The monoisotopic (exact) mass is 320 g/mol. The molecule has 3 heterocycles. The Morgan fingerprint density at radius 1 is 1.26 bits per heavy atom. The van der Waals surface area contributed by atoms with Crippen LogP contribution in [0.5, 0.6) is 0 Å². The Bertz CT molecular complexity index is 508. The van der Waals surface area contributed by atoms with E-state index < -0.39 is 0 Å². The number of likely N-dealkylation sites (N-methyl/N-ethyl adjacent to an activating group) is 1. The molecule has 1 unspecified atom stereocenters. The lowest BCUT2D eigenvalue weighted by molar-refractivity contribution is -0.123. The zero-order valence-electron chi connectivity index (χ0n) is 13.6. The number of morpholine rings is 1. The fraction of sp³-hybridized carbons (Fsp3) is 0.733. The van der Waals surface area contributed by atoms with Gasteiger partial charge in [-0.3, -0.25) is 19.5 Å². The second-order valence-electron chi connectivity index (χ2n) is 5.99. The van der Waals surface area contributed by atoms with Gasteiger partial charge in [-0.05, 0) is 19.3 Å². The van der Waals surface area contributed by atoms with E-state index in [4.69, 9.17) is 4.74 Å². The van der Waals surface area contributed by atoms with Crippen LogP contribution in [0.1, 0.15) is 19.3 Å². The molecule has 0 aromatic carbocycles. The normalized spacial score (nSPS) is 23.6. The van der Waals surface area contributed by atoms with Gasteiger partial charge in [0, 0.05) is 26.7 Å². The van der Waals surface area contributed by atoms with Gasteiger partial charge < -0.3 is 4.74 Å². The van der Waals surface area contributed by atoms with Crippen molar-refractivity contribution in [3.63, 3.8) is 0 Å². The predicted molar refractivity (Wildman–Crippen MR) is 84.8 cm³/mol. The molecule has 2 aliphatic rings. The summed E-state index contributed by atoms with van der Waals surface area (Å²) >= 11 is 0. The van der Waals surface area contributed by atoms with Crippen molar-refractivity contribution in [2.45, 2.75) is 25.4 Å². The summed E-state index contributed by atoms with van der Waals surface area (Å²) in [7, 11) is 1.71. The van der Waals surface area contributed by atoms with Gasteiger partial charge in [-0.2, -0.15) is 0 Å². The molecule has 23 heavy (non-hydrogen) atoms. The average molecular weight is 320 g/mol. The third kappa shape index (κ3) is 4.01. The number of likely N-dealkylation sites (tertiary alicyclic amines) is 1. The third-order valence-corrected chi connectivity index (χ3v) is 4.54. The summed E-state index contributed by atoms with van der Waals surface area (Å²) in [5.41, 5.74) is 0. The number of hydrogen-bond donors (Lipinski definition) is 0. The number of hydrogen-bond acceptors (Lipinski definition) is 7. The smallest absolute Gasteiger partial charge is 0.243 e. The molecule has 0 saturated carbocycles. The van der Waals surface area contributed by atoms with E-state index >= 15 is 0 Å². The molecular weight excluding hydrogens is 296 g/mol. The van der Waals surface area contributed by atoms with Crippen molar-refractivity contribution in [1.82, 2.24) is 24.8 Å². The van der Waals surface area contributed by atoms with E-state index in [0.29, 0.717) is 18.7 Å². The number of amides is 1. The maximum Gasteiger partial charge on any atom is 0.243 e. The summed E-state index contributed by atoms with van der Waals surface area (Å²) < 4.78 is 5.45. The maximum atomic E-state index is 12.6. The minimum absolute atomic E-state index is 0.0105. The van der Waals surface area contributed by atoms with Crippen molar-refractivity contribution in [1.29, 1.82) is 0 Å². The third-order valence-electron chi connectivity index (χ3n) is 4.54. The van der Waals surface area contributed by atoms with Crippen molar-refractivity contribution in [2.24, 2.45) is 0 Å². The van der Waals surface area contributed by atoms with E-state index in [-0.39, 0.29) is 5.91 Å². The van der Waals surface area contributed by atoms with E-state index in [1.165, 1.54) is 24.0 Å². The first-order valence-electron chi connectivity index (χ1n) is 8.20. The molecule has 8 nitrogen and oxygen atoms in total. The van der Waals surface area contributed by atoms with E-state index in [1.54, 1.807) is 7.05 Å². The van der Waals surface area contributed by atoms with E-state index in [2.05, 4.69) is 24.8 Å². The number of nitrogens with zero attached hydrogens (tertiary/aromatic N) is 6. The predicted octanol–water partition coefficient (Wildman–Crippen LogP) is -0.0214. The Labute approximate surface area is 136 Å². The minimum atomic E-state index is 0.0105. The van der Waals surface area contributed by atoms with E-state index in [9.17, 15) is 4.79 Å². The number of aromatic nitrogens is 3. The molecule has 0 aliphatic carbocycles. The Balaban J connectivity index is 1.63. The highest BCUT2D eigenvalue weighted by Crippen LogP contribution is 2.21. The van der Waals surface area contributed by atoms with Crippen LogP contribution in [0.3, 0.4) is 0 Å². The minimum Gasteiger partial charge on any atom is -0.379 e. The fourth-order valence-corrected chi connectivity index (χ4v) is 3.24. The first-order valence-corrected chi connectivity index (χ1v) is 8.20. The topological polar surface area (TPSA) is 74.7 Å². The Morgan fingerprint density at radius 3 is 2.74 bits per heavy atom. The molecule has 126 valence electrons. The van der Waals surface area contributed by atoms with Gasteiger partial charge in [0.05, 0.1) is 25.9 Å². The molecule has 2 fully saturated rings. The molecule has 1 amide bonds. The highest BCUT2D eigenvalue weighted by atomic mass is 16.5. The van der Waals surface area contributed by atoms with Gasteiger partial charge >= 0.3 is 0 Å². The van der Waals surface area contributed by atoms with Crippen molar-refractivity contribution >= 4 is 11.9 Å². The van der Waals surface area contributed by atoms with Gasteiger partial charge in [-0.1, -0.05) is 0 Å². The molecule has 0 N–H and O–H groups in total. The fourth-order valence-electron chi connectivity index (χ4n) is 3.24. The Kier molecular flexibility index (Phi) is 5.47. The largest absolute Gasteiger partial charge is 0.379 e. The molecule has 0 bridgehead atoms. The highest BCUT2D eigenvalue weighted by molar-refractivity contribution is 5.92. The Morgan fingerprint density at radius 2 is 2.00 bits per heavy atom. The number of anilines is 1. The van der Waals surface area contributed by atoms with Crippen LogP contribution in [-0.2, 0) is 9.53 Å². The second kappa shape index (κ2) is 7.76. The SMILES string of the molecule is CN(C(=O)CN1CCCCC1N1CCOCC1)c1ncncn1. The summed E-state index contributed by atoms with van der Waals surface area (Å²) in [5.74, 6) is 0.404. The zero-order valence-corrected chi connectivity index (χ0v) is 13.6. The maximum absolute atomic E-state index is 12.6. The molecular formula is C15H24N6O2. The Hall–Kier alpha value is -1.64. The molecule has 8 heteroatoms. The van der Waals surface area contributed by atoms with Crippen molar-refractivity contribution in [2.75, 3.05) is 51.3 Å². The van der Waals surface area contributed by atoms with E-state index in [0.717, 1.165) is 45.7 Å². The van der Waals surface area contributed by atoms with Gasteiger partial charge in [0.25, 0.3) is 0 Å². The number of ether oxygens (including phenoxy) is 1. The lowest BCUT2D eigenvalue weighted by Gasteiger charge is -2.44. The van der Waals surface area contributed by atoms with Crippen molar-refractivity contribution in [3.05, 3.63) is 12.7 Å². The summed E-state index contributed by atoms with van der Waals surface area (Å²) in [6, 6.07) is 0. The van der Waals surface area contributed by atoms with Crippen LogP contribution in [0.25, 0.3) is 0 Å². The first kappa shape index (κ1) is 16.2. The summed E-state index contributed by atoms with van der Waals surface area (Å²) in [5, 5.41) is 0. The lowest BCUT2D eigenvalue weighted by Crippen LogP contribution is -2.56. The molecule has 2 saturated heterocycles. The number of carbonyl (C=O) groups is 1. The number of carbonyl (C=O) groups excluding carboxylic acids is 1. The quantitative estimate of drug-likeness (QED) is 0.772. The van der Waals surface area contributed by atoms with Gasteiger partial charge in [-0.15, -0.1) is 0 Å². The molecule has 0 spiro atoms. The van der Waals surface area contributed by atoms with Gasteiger partial charge in [0.15, 0.2) is 0 Å². The highest BCUT2D eigenvalue weighted by Gasteiger charge is 2.31. The van der Waals surface area contributed by atoms with Crippen LogP contribution in [0.15, 0.2) is 12.7 Å². The van der Waals surface area contributed by atoms with E-state index in [1.807, 2.05) is 0 Å². The molecule has 1 atom stereocenters. The molecule has 2 aliphatic heterocycles. The number of rotatable bonds is 4. The summed E-state index contributed by atoms with van der Waals surface area (Å²) in [6.45, 7) is 4.80. The lowest BCUT2D eigenvalue weighted by atomic mass is 10.1. The van der Waals surface area contributed by atoms with Crippen LogP contribution in [0, 0.1) is 0 Å². The summed E-state index contributed by atoms with van der Waals surface area (Å²) in [6.07, 6.45) is 6.62. The van der Waals surface area contributed by atoms with Crippen LogP contribution < -0.4 is 4.90 Å². The zero-order chi connectivity index (χ0) is 16.1. The van der Waals surface area contributed by atoms with Crippen LogP contribution in [0.2, 0.25) is 0 Å². The van der Waals surface area contributed by atoms with Crippen LogP contribution in [0.4, 0.5) is 5.95 Å². The average Bonchev–Trinajstić information content (AvgIpc) is 2.63. The van der Waals surface area contributed by atoms with Gasteiger partial charge in [-0.25, -0.2) is 15.0 Å². The van der Waals surface area contributed by atoms with Gasteiger partial charge in [0.1, 0.15) is 12.7 Å². The van der Waals surface area contributed by atoms with Gasteiger partial charge in [0.2, 0.25) is 11.9 Å². The first-order chi connectivity index (χ1) is 11.3. The van der Waals surface area contributed by atoms with Crippen LogP contribution >= 0.6 is 0 Å².